The van der Waals surface area contributed by atoms with Gasteiger partial charge in [-0.25, -0.2) is 0 Å². The minimum Gasteiger partial charge on any atom is -0.484 e. The maximum atomic E-state index is 5.75. The highest BCUT2D eigenvalue weighted by Crippen LogP contribution is 2.40. The molecule has 99 valence electrons. The van der Waals surface area contributed by atoms with Gasteiger partial charge in [0, 0.05) is 20.3 Å². The summed E-state index contributed by atoms with van der Waals surface area (Å²) in [7, 11) is 0. The molecule has 0 fully saturated rings. The number of hydrogen-bond acceptors (Lipinski definition) is 3. The first-order valence-electron chi connectivity index (χ1n) is 6.70. The van der Waals surface area contributed by atoms with E-state index in [1.807, 2.05) is 11.3 Å². The van der Waals surface area contributed by atoms with Crippen molar-refractivity contribution in [1.82, 2.24) is 0 Å². The topological polar surface area (TPSA) is 9.23 Å². The molecule has 0 saturated carbocycles. The molecular formula is C15H21OS2. The third-order valence-electron chi connectivity index (χ3n) is 3.07. The van der Waals surface area contributed by atoms with Crippen molar-refractivity contribution in [1.29, 1.82) is 0 Å². The molecule has 2 aromatic rings. The van der Waals surface area contributed by atoms with Gasteiger partial charge in [0.25, 0.3) is 0 Å². The average Bonchev–Trinajstić information content (AvgIpc) is 2.87. The lowest BCUT2D eigenvalue weighted by Crippen LogP contribution is -1.93. The standard InChI is InChI=1S/C15H21OS2/c1-4-6-8-16-15-10-14-13(18-15)9-12(17-14)11(3)7-5-2/h9-11H,2,4-8H2,1,3H3. The minimum absolute atomic E-state index is 0.636. The lowest BCUT2D eigenvalue weighted by atomic mass is 10.1. The van der Waals surface area contributed by atoms with Crippen LogP contribution in [0.4, 0.5) is 0 Å². The largest absolute Gasteiger partial charge is 0.484 e. The minimum atomic E-state index is 0.636. The monoisotopic (exact) mass is 281 g/mol. The molecular weight excluding hydrogens is 260 g/mol. The van der Waals surface area contributed by atoms with Gasteiger partial charge in [0.2, 0.25) is 0 Å². The number of rotatable bonds is 7. The second-order valence-corrected chi connectivity index (χ2v) is 6.85. The molecule has 0 spiro atoms. The summed E-state index contributed by atoms with van der Waals surface area (Å²) in [4.78, 5) is 1.49. The zero-order valence-electron chi connectivity index (χ0n) is 11.2. The van der Waals surface area contributed by atoms with Gasteiger partial charge in [0.15, 0.2) is 5.06 Å². The normalized spacial score (nSPS) is 13.1. The van der Waals surface area contributed by atoms with E-state index in [4.69, 9.17) is 4.74 Å². The van der Waals surface area contributed by atoms with Gasteiger partial charge >= 0.3 is 0 Å². The summed E-state index contributed by atoms with van der Waals surface area (Å²) in [5, 5.41) is 1.07. The summed E-state index contributed by atoms with van der Waals surface area (Å²) in [6, 6.07) is 4.53. The highest BCUT2D eigenvalue weighted by Gasteiger charge is 2.12. The molecule has 1 unspecified atom stereocenters. The van der Waals surface area contributed by atoms with E-state index in [0.717, 1.165) is 24.5 Å². The molecule has 18 heavy (non-hydrogen) atoms. The first kappa shape index (κ1) is 13.9. The summed E-state index contributed by atoms with van der Waals surface area (Å²) in [5.41, 5.74) is 0. The smallest absolute Gasteiger partial charge is 0.175 e. The molecule has 2 rings (SSSR count). The van der Waals surface area contributed by atoms with Gasteiger partial charge < -0.3 is 4.74 Å². The zero-order valence-corrected chi connectivity index (χ0v) is 12.8. The van der Waals surface area contributed by atoms with Crippen molar-refractivity contribution in [2.75, 3.05) is 6.61 Å². The average molecular weight is 281 g/mol. The maximum Gasteiger partial charge on any atom is 0.175 e. The van der Waals surface area contributed by atoms with E-state index in [9.17, 15) is 0 Å². The van der Waals surface area contributed by atoms with Crippen LogP contribution in [0.3, 0.4) is 0 Å². The van der Waals surface area contributed by atoms with Crippen molar-refractivity contribution in [3.05, 3.63) is 23.9 Å². The molecule has 1 nitrogen and oxygen atoms in total. The lowest BCUT2D eigenvalue weighted by molar-refractivity contribution is 0.318. The molecule has 0 amide bonds. The Bertz CT molecular complexity index is 452. The Morgan fingerprint density at radius 3 is 2.72 bits per heavy atom. The molecule has 0 bridgehead atoms. The molecule has 0 aliphatic heterocycles. The van der Waals surface area contributed by atoms with Crippen LogP contribution in [-0.4, -0.2) is 6.61 Å². The van der Waals surface area contributed by atoms with E-state index in [-0.39, 0.29) is 0 Å². The van der Waals surface area contributed by atoms with Crippen LogP contribution in [0.5, 0.6) is 5.06 Å². The highest BCUT2D eigenvalue weighted by molar-refractivity contribution is 7.28. The Morgan fingerprint density at radius 1 is 1.28 bits per heavy atom. The van der Waals surface area contributed by atoms with Gasteiger partial charge in [-0.3, -0.25) is 0 Å². The van der Waals surface area contributed by atoms with Crippen LogP contribution in [0.1, 0.15) is 50.3 Å². The molecule has 0 N–H and O–H groups in total. The van der Waals surface area contributed by atoms with Gasteiger partial charge in [-0.05, 0) is 24.8 Å². The Morgan fingerprint density at radius 2 is 2.06 bits per heavy atom. The molecule has 0 aliphatic rings. The van der Waals surface area contributed by atoms with Crippen LogP contribution in [0, 0.1) is 6.92 Å². The van der Waals surface area contributed by atoms with Crippen molar-refractivity contribution in [3.63, 3.8) is 0 Å². The van der Waals surface area contributed by atoms with E-state index in [1.54, 1.807) is 11.3 Å². The van der Waals surface area contributed by atoms with Gasteiger partial charge in [-0.2, -0.15) is 0 Å². The van der Waals surface area contributed by atoms with Crippen LogP contribution in [0.2, 0.25) is 0 Å². The quantitative estimate of drug-likeness (QED) is 0.578. The molecule has 0 saturated heterocycles. The van der Waals surface area contributed by atoms with Crippen molar-refractivity contribution in [2.24, 2.45) is 0 Å². The molecule has 0 aliphatic carbocycles. The molecule has 0 aromatic carbocycles. The Balaban J connectivity index is 2.05. The van der Waals surface area contributed by atoms with Crippen molar-refractivity contribution in [2.45, 2.75) is 45.4 Å². The van der Waals surface area contributed by atoms with Crippen molar-refractivity contribution < 1.29 is 4.74 Å². The first-order chi connectivity index (χ1) is 8.74. The zero-order chi connectivity index (χ0) is 13.0. The van der Waals surface area contributed by atoms with Crippen LogP contribution < -0.4 is 4.74 Å². The predicted octanol–water partition coefficient (Wildman–Crippen LogP) is 5.86. The molecule has 2 aromatic heterocycles. The van der Waals surface area contributed by atoms with Gasteiger partial charge in [-0.15, -0.1) is 11.3 Å². The summed E-state index contributed by atoms with van der Waals surface area (Å²) >= 11 is 3.68. The summed E-state index contributed by atoms with van der Waals surface area (Å²) < 4.78 is 8.50. The Kier molecular flexibility index (Phi) is 5.07. The SMILES string of the molecule is [CH2]CCC(C)c1cc2sc(OCCCC)cc2s1. The summed E-state index contributed by atoms with van der Waals surface area (Å²) in [5.74, 6) is 0.636. The van der Waals surface area contributed by atoms with E-state index < -0.39 is 0 Å². The van der Waals surface area contributed by atoms with Gasteiger partial charge in [-0.1, -0.05) is 44.9 Å². The lowest BCUT2D eigenvalue weighted by Gasteiger charge is -2.05. The third kappa shape index (κ3) is 3.27. The molecule has 1 atom stereocenters. The predicted molar refractivity (Wildman–Crippen MR) is 83.1 cm³/mol. The molecule has 1 radical (unpaired) electrons. The second kappa shape index (κ2) is 6.58. The van der Waals surface area contributed by atoms with Gasteiger partial charge in [0.05, 0.1) is 6.61 Å². The Hall–Kier alpha value is -0.540. The Labute approximate surface area is 118 Å². The number of thiophene rings is 2. The molecule has 3 heteroatoms. The van der Waals surface area contributed by atoms with E-state index >= 15 is 0 Å². The van der Waals surface area contributed by atoms with E-state index in [2.05, 4.69) is 32.9 Å². The second-order valence-electron chi connectivity index (χ2n) is 4.69. The van der Waals surface area contributed by atoms with Crippen LogP contribution in [0.15, 0.2) is 12.1 Å². The van der Waals surface area contributed by atoms with Crippen molar-refractivity contribution in [3.8, 4) is 5.06 Å². The van der Waals surface area contributed by atoms with Crippen molar-refractivity contribution >= 4 is 32.1 Å². The fraction of sp³-hybridized carbons (Fsp3) is 0.533. The first-order valence-corrected chi connectivity index (χ1v) is 8.33. The van der Waals surface area contributed by atoms with E-state index in [0.29, 0.717) is 5.92 Å². The van der Waals surface area contributed by atoms with Crippen LogP contribution in [-0.2, 0) is 0 Å². The highest BCUT2D eigenvalue weighted by atomic mass is 32.1. The summed E-state index contributed by atoms with van der Waals surface area (Å²) in [6.45, 7) is 9.26. The van der Waals surface area contributed by atoms with Crippen LogP contribution >= 0.6 is 22.7 Å². The van der Waals surface area contributed by atoms with E-state index in [1.165, 1.54) is 27.1 Å². The molecule has 2 heterocycles. The fourth-order valence-electron chi connectivity index (χ4n) is 1.91. The maximum absolute atomic E-state index is 5.75. The number of hydrogen-bond donors (Lipinski definition) is 0. The number of fused-ring (bicyclic) bond motifs is 1. The summed E-state index contributed by atoms with van der Waals surface area (Å²) in [6.07, 6.45) is 4.51. The van der Waals surface area contributed by atoms with Crippen LogP contribution in [0.25, 0.3) is 9.40 Å². The fourth-order valence-corrected chi connectivity index (χ4v) is 4.27. The third-order valence-corrected chi connectivity index (χ3v) is 5.51. The number of ether oxygens (including phenoxy) is 1. The van der Waals surface area contributed by atoms with Gasteiger partial charge in [0.1, 0.15) is 0 Å². The number of unbranched alkanes of at least 4 members (excludes halogenated alkanes) is 1.